The Balaban J connectivity index is 1.66. The molecule has 2 aliphatic rings. The Morgan fingerprint density at radius 1 is 1.32 bits per heavy atom. The Hall–Kier alpha value is -2.11. The number of nitrogens with one attached hydrogen (secondary N) is 2. The van der Waals surface area contributed by atoms with Crippen LogP contribution in [0.3, 0.4) is 0 Å². The molecule has 0 radical (unpaired) electrons. The van der Waals surface area contributed by atoms with Crippen molar-refractivity contribution in [3.05, 3.63) is 39.6 Å². The largest absolute Gasteiger partial charge is 0.396 e. The lowest BCUT2D eigenvalue weighted by Crippen LogP contribution is -2.57. The van der Waals surface area contributed by atoms with Gasteiger partial charge in [-0.2, -0.15) is 0 Å². The summed E-state index contributed by atoms with van der Waals surface area (Å²) in [7, 11) is 3.92. The van der Waals surface area contributed by atoms with E-state index in [0.29, 0.717) is 30.1 Å². The molecule has 0 spiro atoms. The molecule has 9 nitrogen and oxygen atoms in total. The minimum atomic E-state index is -0.703. The van der Waals surface area contributed by atoms with Gasteiger partial charge >= 0.3 is 0 Å². The summed E-state index contributed by atoms with van der Waals surface area (Å²) in [6, 6.07) is 3.08. The van der Waals surface area contributed by atoms with Gasteiger partial charge in [0.2, 0.25) is 5.91 Å². The van der Waals surface area contributed by atoms with Crippen molar-refractivity contribution in [2.75, 3.05) is 39.1 Å². The Kier molecular flexibility index (Phi) is 8.25. The number of pyridine rings is 1. The first-order valence-electron chi connectivity index (χ1n) is 12.6. The molecule has 0 saturated heterocycles. The standard InChI is InChI=1S/C26H36ClN5O4S/c1-25-7-5-19(34)26(2,14-33)18(25)13-17-22(16(25)12-21(35)29-9-10-32(3)4)30-24(37-17)31-23(36)15-6-8-28-20(27)11-15/h6,8,11,16,18-19,33-34H,5,7,9-10,12-14H2,1-4H3,(H,29,35)(H,30,31,36). The zero-order valence-corrected chi connectivity index (χ0v) is 23.3. The van der Waals surface area contributed by atoms with Crippen LogP contribution >= 0.6 is 22.9 Å². The number of carbonyl (C=O) groups is 2. The van der Waals surface area contributed by atoms with Gasteiger partial charge in [0.25, 0.3) is 5.91 Å². The number of nitrogens with zero attached hydrogens (tertiary/aromatic N) is 3. The number of fused-ring (bicyclic) bond motifs is 2. The maximum absolute atomic E-state index is 13.1. The Labute approximate surface area is 226 Å². The lowest BCUT2D eigenvalue weighted by Gasteiger charge is -2.58. The van der Waals surface area contributed by atoms with Gasteiger partial charge in [-0.15, -0.1) is 11.3 Å². The second kappa shape index (κ2) is 10.9. The van der Waals surface area contributed by atoms with Gasteiger partial charge in [-0.1, -0.05) is 25.4 Å². The predicted molar refractivity (Wildman–Crippen MR) is 144 cm³/mol. The molecular weight excluding hydrogens is 514 g/mol. The van der Waals surface area contributed by atoms with Crippen LogP contribution in [0.5, 0.6) is 0 Å². The maximum atomic E-state index is 13.1. The molecule has 2 heterocycles. The molecule has 2 aliphatic carbocycles. The van der Waals surface area contributed by atoms with E-state index in [4.69, 9.17) is 16.6 Å². The topological polar surface area (TPSA) is 128 Å². The van der Waals surface area contributed by atoms with Gasteiger partial charge in [0.05, 0.1) is 18.4 Å². The first-order chi connectivity index (χ1) is 17.5. The summed E-state index contributed by atoms with van der Waals surface area (Å²) in [5.74, 6) is -0.658. The lowest BCUT2D eigenvalue weighted by atomic mass is 9.47. The molecule has 11 heteroatoms. The monoisotopic (exact) mass is 549 g/mol. The number of halogens is 1. The van der Waals surface area contributed by atoms with Gasteiger partial charge in [-0.3, -0.25) is 14.9 Å². The van der Waals surface area contributed by atoms with E-state index in [1.165, 1.54) is 23.6 Å². The van der Waals surface area contributed by atoms with E-state index in [-0.39, 0.29) is 47.2 Å². The van der Waals surface area contributed by atoms with Gasteiger partial charge in [0, 0.05) is 47.5 Å². The fourth-order valence-corrected chi connectivity index (χ4v) is 7.33. The van der Waals surface area contributed by atoms with Gasteiger partial charge in [-0.25, -0.2) is 9.97 Å². The van der Waals surface area contributed by atoms with Crippen molar-refractivity contribution in [1.29, 1.82) is 0 Å². The highest BCUT2D eigenvalue weighted by atomic mass is 35.5. The SMILES string of the molecule is CN(C)CCNC(=O)CC1c2nc(NC(=O)c3ccnc(Cl)c3)sc2CC2C(C)(CO)C(O)CCC12C. The average molecular weight is 550 g/mol. The molecule has 0 aliphatic heterocycles. The smallest absolute Gasteiger partial charge is 0.257 e. The van der Waals surface area contributed by atoms with Gasteiger partial charge < -0.3 is 20.4 Å². The van der Waals surface area contributed by atoms with Crippen LogP contribution in [0.25, 0.3) is 0 Å². The van der Waals surface area contributed by atoms with Crippen LogP contribution in [0.1, 0.15) is 60.0 Å². The summed E-state index contributed by atoms with van der Waals surface area (Å²) >= 11 is 7.34. The highest BCUT2D eigenvalue weighted by Gasteiger charge is 2.59. The molecular formula is C26H36ClN5O4S. The molecule has 2 amide bonds. The van der Waals surface area contributed by atoms with E-state index >= 15 is 0 Å². The highest BCUT2D eigenvalue weighted by molar-refractivity contribution is 7.15. The number of carbonyl (C=O) groups excluding carboxylic acids is 2. The number of likely N-dealkylation sites (N-methyl/N-ethyl adjacent to an activating group) is 1. The molecule has 1 fully saturated rings. The van der Waals surface area contributed by atoms with E-state index in [0.717, 1.165) is 23.5 Å². The van der Waals surface area contributed by atoms with Crippen molar-refractivity contribution in [2.45, 2.75) is 51.6 Å². The van der Waals surface area contributed by atoms with Crippen LogP contribution in [-0.4, -0.2) is 76.8 Å². The molecule has 1 saturated carbocycles. The van der Waals surface area contributed by atoms with E-state index < -0.39 is 11.5 Å². The first kappa shape index (κ1) is 27.9. The number of anilines is 1. The van der Waals surface area contributed by atoms with Crippen molar-refractivity contribution >= 4 is 39.9 Å². The summed E-state index contributed by atoms with van der Waals surface area (Å²) in [6.07, 6.45) is 2.99. The molecule has 0 bridgehead atoms. The Morgan fingerprint density at radius 3 is 2.76 bits per heavy atom. The van der Waals surface area contributed by atoms with E-state index in [1.807, 2.05) is 25.9 Å². The number of aliphatic hydroxyl groups excluding tert-OH is 2. The van der Waals surface area contributed by atoms with E-state index in [9.17, 15) is 19.8 Å². The second-order valence-corrected chi connectivity index (χ2v) is 12.5. The third-order valence-corrected chi connectivity index (χ3v) is 9.59. The zero-order chi connectivity index (χ0) is 27.0. The third kappa shape index (κ3) is 5.54. The van der Waals surface area contributed by atoms with Crippen molar-refractivity contribution in [1.82, 2.24) is 20.2 Å². The minimum Gasteiger partial charge on any atom is -0.396 e. The third-order valence-electron chi connectivity index (χ3n) is 8.37. The van der Waals surface area contributed by atoms with Gasteiger partial charge in [0.1, 0.15) is 5.15 Å². The van der Waals surface area contributed by atoms with Crippen LogP contribution in [0.4, 0.5) is 5.13 Å². The second-order valence-electron chi connectivity index (χ2n) is 11.0. The van der Waals surface area contributed by atoms with E-state index in [1.54, 1.807) is 6.07 Å². The summed E-state index contributed by atoms with van der Waals surface area (Å²) in [6.45, 7) is 5.25. The van der Waals surface area contributed by atoms with Gasteiger partial charge in [-0.05, 0) is 56.8 Å². The highest BCUT2D eigenvalue weighted by Crippen LogP contribution is 2.62. The fraction of sp³-hybridized carbons (Fsp3) is 0.615. The van der Waals surface area contributed by atoms with Crippen molar-refractivity contribution in [3.63, 3.8) is 0 Å². The van der Waals surface area contributed by atoms with Crippen LogP contribution in [-0.2, 0) is 11.2 Å². The first-order valence-corrected chi connectivity index (χ1v) is 13.8. The maximum Gasteiger partial charge on any atom is 0.257 e. The molecule has 0 aromatic carbocycles. The molecule has 2 aromatic heterocycles. The van der Waals surface area contributed by atoms with Crippen molar-refractivity contribution in [3.8, 4) is 0 Å². The summed E-state index contributed by atoms with van der Waals surface area (Å²) in [5.41, 5.74) is 0.148. The summed E-state index contributed by atoms with van der Waals surface area (Å²) < 4.78 is 0. The average Bonchev–Trinajstić information content (AvgIpc) is 3.24. The molecule has 202 valence electrons. The molecule has 37 heavy (non-hydrogen) atoms. The molecule has 4 N–H and O–H groups in total. The van der Waals surface area contributed by atoms with Crippen molar-refractivity contribution < 1.29 is 19.8 Å². The molecule has 5 unspecified atom stereocenters. The summed E-state index contributed by atoms with van der Waals surface area (Å²) in [4.78, 5) is 37.7. The van der Waals surface area contributed by atoms with Crippen molar-refractivity contribution in [2.24, 2.45) is 16.7 Å². The number of amides is 2. The minimum absolute atomic E-state index is 0.0520. The number of aromatic nitrogens is 2. The fourth-order valence-electron chi connectivity index (χ4n) is 6.09. The normalized spacial score (nSPS) is 28.9. The molecule has 5 atom stereocenters. The van der Waals surface area contributed by atoms with Crippen LogP contribution in [0.15, 0.2) is 18.3 Å². The predicted octanol–water partition coefficient (Wildman–Crippen LogP) is 2.93. The van der Waals surface area contributed by atoms with Crippen LogP contribution < -0.4 is 10.6 Å². The quantitative estimate of drug-likeness (QED) is 0.373. The number of thiazole rings is 1. The molecule has 2 aromatic rings. The Morgan fingerprint density at radius 2 is 2.08 bits per heavy atom. The number of aliphatic hydroxyl groups is 2. The van der Waals surface area contributed by atoms with Gasteiger partial charge in [0.15, 0.2) is 5.13 Å². The zero-order valence-electron chi connectivity index (χ0n) is 21.8. The van der Waals surface area contributed by atoms with Crippen LogP contribution in [0, 0.1) is 16.7 Å². The van der Waals surface area contributed by atoms with E-state index in [2.05, 4.69) is 22.5 Å². The lowest BCUT2D eigenvalue weighted by molar-refractivity contribution is -0.144. The Bertz CT molecular complexity index is 1160. The number of rotatable bonds is 8. The number of hydrogen-bond acceptors (Lipinski definition) is 8. The van der Waals surface area contributed by atoms with Crippen LogP contribution in [0.2, 0.25) is 5.15 Å². The summed E-state index contributed by atoms with van der Waals surface area (Å²) in [5, 5.41) is 27.9. The molecule has 4 rings (SSSR count). The number of hydrogen-bond donors (Lipinski definition) is 4.